The van der Waals surface area contributed by atoms with Crippen molar-refractivity contribution in [2.75, 3.05) is 21.3 Å². The number of ether oxygens (including phenoxy) is 3. The molecule has 0 fully saturated rings. The van der Waals surface area contributed by atoms with Crippen molar-refractivity contribution in [1.29, 1.82) is 0 Å². The predicted octanol–water partition coefficient (Wildman–Crippen LogP) is 2.34. The number of nitrogens with zero attached hydrogens (tertiary/aromatic N) is 2. The molecule has 0 aliphatic carbocycles. The Hall–Kier alpha value is -1.62. The number of fused-ring (bicyclic) bond motifs is 1. The number of aryl methyl sites for hydroxylation is 1. The lowest BCUT2D eigenvalue weighted by atomic mass is 10.2. The normalized spacial score (nSPS) is 10.7. The molecule has 1 aromatic carbocycles. The maximum atomic E-state index is 5.86. The van der Waals surface area contributed by atoms with Crippen LogP contribution in [-0.4, -0.2) is 30.9 Å². The van der Waals surface area contributed by atoms with Crippen LogP contribution in [0.15, 0.2) is 6.07 Å². The van der Waals surface area contributed by atoms with Crippen molar-refractivity contribution < 1.29 is 14.2 Å². The van der Waals surface area contributed by atoms with Gasteiger partial charge in [-0.1, -0.05) is 0 Å². The quantitative estimate of drug-likeness (QED) is 0.800. The molecule has 0 aliphatic heterocycles. The molecule has 1 aromatic heterocycles. The van der Waals surface area contributed by atoms with E-state index in [-0.39, 0.29) is 0 Å². The fourth-order valence-electron chi connectivity index (χ4n) is 2.00. The number of hydrogen-bond acceptors (Lipinski definition) is 4. The summed E-state index contributed by atoms with van der Waals surface area (Å²) in [6, 6.07) is 1.81. The fourth-order valence-corrected chi connectivity index (χ4v) is 2.24. The van der Waals surface area contributed by atoms with E-state index in [9.17, 15) is 0 Å². The molecule has 2 rings (SSSR count). The molecule has 0 atom stereocenters. The van der Waals surface area contributed by atoms with Gasteiger partial charge in [-0.05, 0) is 0 Å². The number of imidazole rings is 1. The highest BCUT2D eigenvalue weighted by Crippen LogP contribution is 2.43. The molecule has 0 amide bonds. The third-order valence-electron chi connectivity index (χ3n) is 2.88. The van der Waals surface area contributed by atoms with Gasteiger partial charge in [0.05, 0.1) is 32.7 Å². The van der Waals surface area contributed by atoms with Gasteiger partial charge in [0.1, 0.15) is 11.3 Å². The molecule has 1 heterocycles. The van der Waals surface area contributed by atoms with Crippen LogP contribution < -0.4 is 14.2 Å². The standard InChI is InChI=1S/C12H15ClN2O3/c1-15-9(6-13)14-7-5-8(16-2)11(17-3)12(18-4)10(7)15/h5H,6H2,1-4H3. The third-order valence-corrected chi connectivity index (χ3v) is 3.11. The minimum Gasteiger partial charge on any atom is -0.493 e. The number of methoxy groups -OCH3 is 3. The second-order valence-corrected chi connectivity index (χ2v) is 4.00. The molecule has 0 N–H and O–H groups in total. The van der Waals surface area contributed by atoms with Gasteiger partial charge in [-0.15, -0.1) is 11.6 Å². The summed E-state index contributed by atoms with van der Waals surface area (Å²) in [6.45, 7) is 0. The molecule has 0 radical (unpaired) electrons. The van der Waals surface area contributed by atoms with Crippen LogP contribution in [0.3, 0.4) is 0 Å². The first-order valence-corrected chi connectivity index (χ1v) is 5.91. The van der Waals surface area contributed by atoms with Crippen molar-refractivity contribution in [3.63, 3.8) is 0 Å². The molecule has 0 aliphatic rings. The highest BCUT2D eigenvalue weighted by molar-refractivity contribution is 6.17. The first kappa shape index (κ1) is 12.8. The molecular weight excluding hydrogens is 256 g/mol. The summed E-state index contributed by atoms with van der Waals surface area (Å²) in [7, 11) is 6.63. The van der Waals surface area contributed by atoms with Crippen LogP contribution in [0.5, 0.6) is 17.2 Å². The number of aromatic nitrogens is 2. The van der Waals surface area contributed by atoms with Gasteiger partial charge in [0.25, 0.3) is 0 Å². The Labute approximate surface area is 110 Å². The van der Waals surface area contributed by atoms with Crippen molar-refractivity contribution >= 4 is 22.6 Å². The van der Waals surface area contributed by atoms with Crippen molar-refractivity contribution in [1.82, 2.24) is 9.55 Å². The largest absolute Gasteiger partial charge is 0.493 e. The summed E-state index contributed by atoms with van der Waals surface area (Å²) in [5.74, 6) is 2.83. The van der Waals surface area contributed by atoms with Gasteiger partial charge >= 0.3 is 0 Å². The first-order chi connectivity index (χ1) is 8.67. The van der Waals surface area contributed by atoms with Crippen molar-refractivity contribution in [3.05, 3.63) is 11.9 Å². The zero-order chi connectivity index (χ0) is 13.3. The number of rotatable bonds is 4. The monoisotopic (exact) mass is 270 g/mol. The van der Waals surface area contributed by atoms with Gasteiger partial charge in [-0.25, -0.2) is 4.98 Å². The molecule has 18 heavy (non-hydrogen) atoms. The van der Waals surface area contributed by atoms with Crippen molar-refractivity contribution in [3.8, 4) is 17.2 Å². The lowest BCUT2D eigenvalue weighted by Crippen LogP contribution is -1.99. The minimum absolute atomic E-state index is 0.332. The number of halogens is 1. The number of benzene rings is 1. The molecular formula is C12H15ClN2O3. The second kappa shape index (κ2) is 4.94. The highest BCUT2D eigenvalue weighted by Gasteiger charge is 2.20. The van der Waals surface area contributed by atoms with E-state index in [4.69, 9.17) is 25.8 Å². The Morgan fingerprint density at radius 2 is 1.83 bits per heavy atom. The van der Waals surface area contributed by atoms with Gasteiger partial charge in [-0.2, -0.15) is 0 Å². The van der Waals surface area contributed by atoms with Gasteiger partial charge in [0, 0.05) is 13.1 Å². The first-order valence-electron chi connectivity index (χ1n) is 5.38. The summed E-state index contributed by atoms with van der Waals surface area (Å²) in [6.07, 6.45) is 0. The van der Waals surface area contributed by atoms with E-state index in [0.29, 0.717) is 23.1 Å². The van der Waals surface area contributed by atoms with Crippen LogP contribution in [0.25, 0.3) is 11.0 Å². The Balaban J connectivity index is 2.86. The smallest absolute Gasteiger partial charge is 0.205 e. The van der Waals surface area contributed by atoms with E-state index in [2.05, 4.69) is 4.98 Å². The lowest BCUT2D eigenvalue weighted by molar-refractivity contribution is 0.326. The second-order valence-electron chi connectivity index (χ2n) is 3.73. The van der Waals surface area contributed by atoms with Crippen LogP contribution in [-0.2, 0) is 12.9 Å². The van der Waals surface area contributed by atoms with E-state index in [1.807, 2.05) is 17.7 Å². The van der Waals surface area contributed by atoms with E-state index in [1.165, 1.54) is 0 Å². The molecule has 0 unspecified atom stereocenters. The maximum Gasteiger partial charge on any atom is 0.205 e. The van der Waals surface area contributed by atoms with Gasteiger partial charge in [0.15, 0.2) is 11.5 Å². The summed E-state index contributed by atoms with van der Waals surface area (Å²) in [4.78, 5) is 4.44. The van der Waals surface area contributed by atoms with E-state index < -0.39 is 0 Å². The van der Waals surface area contributed by atoms with Crippen molar-refractivity contribution in [2.45, 2.75) is 5.88 Å². The molecule has 2 aromatic rings. The van der Waals surface area contributed by atoms with Gasteiger partial charge in [0.2, 0.25) is 5.75 Å². The summed E-state index contributed by atoms with van der Waals surface area (Å²) >= 11 is 5.86. The topological polar surface area (TPSA) is 45.5 Å². The Kier molecular flexibility index (Phi) is 3.52. The van der Waals surface area contributed by atoms with Crippen LogP contribution in [0.2, 0.25) is 0 Å². The summed E-state index contributed by atoms with van der Waals surface area (Å²) in [5.41, 5.74) is 1.61. The molecule has 0 spiro atoms. The zero-order valence-corrected chi connectivity index (χ0v) is 11.5. The van der Waals surface area contributed by atoms with Crippen LogP contribution in [0, 0.1) is 0 Å². The highest BCUT2D eigenvalue weighted by atomic mass is 35.5. The van der Waals surface area contributed by atoms with Gasteiger partial charge in [-0.3, -0.25) is 0 Å². The maximum absolute atomic E-state index is 5.86. The van der Waals surface area contributed by atoms with E-state index >= 15 is 0 Å². The molecule has 0 bridgehead atoms. The predicted molar refractivity (Wildman–Crippen MR) is 69.9 cm³/mol. The Morgan fingerprint density at radius 3 is 2.33 bits per heavy atom. The molecule has 6 heteroatoms. The molecule has 0 saturated heterocycles. The molecule has 5 nitrogen and oxygen atoms in total. The summed E-state index contributed by atoms with van der Waals surface area (Å²) < 4.78 is 17.9. The Bertz CT molecular complexity index is 580. The number of hydrogen-bond donors (Lipinski definition) is 0. The summed E-state index contributed by atoms with van der Waals surface area (Å²) in [5, 5.41) is 0. The fraction of sp³-hybridized carbons (Fsp3) is 0.417. The van der Waals surface area contributed by atoms with Crippen LogP contribution in [0.4, 0.5) is 0 Å². The molecule has 0 saturated carbocycles. The average Bonchev–Trinajstić information content (AvgIpc) is 2.72. The van der Waals surface area contributed by atoms with Gasteiger partial charge < -0.3 is 18.8 Å². The lowest BCUT2D eigenvalue weighted by Gasteiger charge is -2.13. The number of alkyl halides is 1. The van der Waals surface area contributed by atoms with E-state index in [1.54, 1.807) is 21.3 Å². The van der Waals surface area contributed by atoms with Crippen molar-refractivity contribution in [2.24, 2.45) is 7.05 Å². The minimum atomic E-state index is 0.332. The zero-order valence-electron chi connectivity index (χ0n) is 10.8. The third kappa shape index (κ3) is 1.75. The molecule has 98 valence electrons. The SMILES string of the molecule is COc1cc2nc(CCl)n(C)c2c(OC)c1OC. The van der Waals surface area contributed by atoms with Crippen LogP contribution >= 0.6 is 11.6 Å². The Morgan fingerprint density at radius 1 is 1.17 bits per heavy atom. The van der Waals surface area contributed by atoms with Crippen LogP contribution in [0.1, 0.15) is 5.82 Å². The van der Waals surface area contributed by atoms with E-state index in [0.717, 1.165) is 16.9 Å². The average molecular weight is 271 g/mol.